The quantitative estimate of drug-likeness (QED) is 0.899. The van der Waals surface area contributed by atoms with Crippen LogP contribution < -0.4 is 5.32 Å². The molecule has 1 unspecified atom stereocenters. The van der Waals surface area contributed by atoms with E-state index in [0.29, 0.717) is 5.25 Å². The highest BCUT2D eigenvalue weighted by molar-refractivity contribution is 8.06. The van der Waals surface area contributed by atoms with E-state index in [9.17, 15) is 0 Å². The summed E-state index contributed by atoms with van der Waals surface area (Å²) in [6, 6.07) is 0. The van der Waals surface area contributed by atoms with Gasteiger partial charge in [0.2, 0.25) is 0 Å². The van der Waals surface area contributed by atoms with Crippen LogP contribution in [-0.2, 0) is 13.0 Å². The van der Waals surface area contributed by atoms with Crippen molar-refractivity contribution in [3.8, 4) is 0 Å². The van der Waals surface area contributed by atoms with Crippen LogP contribution >= 0.6 is 23.5 Å². The van der Waals surface area contributed by atoms with Crippen LogP contribution in [0.5, 0.6) is 0 Å². The molecule has 0 aliphatic carbocycles. The van der Waals surface area contributed by atoms with Crippen LogP contribution in [0.2, 0.25) is 0 Å². The van der Waals surface area contributed by atoms with Gasteiger partial charge in [-0.25, -0.2) is 9.97 Å². The number of aryl methyl sites for hydroxylation is 1. The highest BCUT2D eigenvalue weighted by atomic mass is 32.2. The fourth-order valence-corrected chi connectivity index (χ4v) is 4.57. The molecule has 0 spiro atoms. The first-order chi connectivity index (χ1) is 8.85. The van der Waals surface area contributed by atoms with Gasteiger partial charge in [0.15, 0.2) is 0 Å². The van der Waals surface area contributed by atoms with Crippen molar-refractivity contribution in [2.75, 3.05) is 23.8 Å². The van der Waals surface area contributed by atoms with Crippen LogP contribution in [0.15, 0.2) is 6.20 Å². The van der Waals surface area contributed by atoms with Gasteiger partial charge >= 0.3 is 0 Å². The molecule has 0 radical (unpaired) electrons. The Hall–Kier alpha value is -0.260. The first-order valence-electron chi connectivity index (χ1n) is 6.59. The summed E-state index contributed by atoms with van der Waals surface area (Å²) < 4.78 is 0. The third-order valence-electron chi connectivity index (χ3n) is 2.98. The van der Waals surface area contributed by atoms with E-state index in [2.05, 4.69) is 24.1 Å². The van der Waals surface area contributed by atoms with Gasteiger partial charge in [-0.2, -0.15) is 11.8 Å². The van der Waals surface area contributed by atoms with E-state index in [1.165, 1.54) is 22.8 Å². The molecule has 100 valence electrons. The van der Waals surface area contributed by atoms with E-state index in [1.807, 2.05) is 29.7 Å². The number of rotatable bonds is 5. The van der Waals surface area contributed by atoms with Crippen LogP contribution in [0.25, 0.3) is 0 Å². The fraction of sp³-hybridized carbons (Fsp3) is 0.692. The monoisotopic (exact) mass is 283 g/mol. The lowest BCUT2D eigenvalue weighted by Crippen LogP contribution is -2.17. The normalized spacial score (nSPS) is 20.0. The number of hydrogen-bond donors (Lipinski definition) is 1. The van der Waals surface area contributed by atoms with Gasteiger partial charge in [-0.05, 0) is 13.0 Å². The van der Waals surface area contributed by atoms with Crippen molar-refractivity contribution in [1.29, 1.82) is 0 Å². The Balaban J connectivity index is 2.12. The average molecular weight is 283 g/mol. The molecule has 1 aromatic rings. The molecule has 1 atom stereocenters. The number of hydrogen-bond acceptors (Lipinski definition) is 5. The molecule has 1 N–H and O–H groups in total. The van der Waals surface area contributed by atoms with Gasteiger partial charge in [-0.3, -0.25) is 0 Å². The van der Waals surface area contributed by atoms with E-state index in [4.69, 9.17) is 4.98 Å². The second kappa shape index (κ2) is 7.36. The Labute approximate surface area is 118 Å². The summed E-state index contributed by atoms with van der Waals surface area (Å²) in [6.45, 7) is 6.16. The molecule has 2 rings (SSSR count). The minimum absolute atomic E-state index is 0.488. The van der Waals surface area contributed by atoms with E-state index < -0.39 is 0 Å². The molecule has 0 saturated carbocycles. The summed E-state index contributed by atoms with van der Waals surface area (Å²) >= 11 is 4.01. The molecule has 1 aliphatic heterocycles. The Morgan fingerprint density at radius 1 is 1.39 bits per heavy atom. The second-order valence-electron chi connectivity index (χ2n) is 4.27. The summed E-state index contributed by atoms with van der Waals surface area (Å²) in [4.78, 5) is 9.36. The van der Waals surface area contributed by atoms with Gasteiger partial charge in [0, 0.05) is 41.3 Å². The van der Waals surface area contributed by atoms with E-state index in [0.717, 1.165) is 31.1 Å². The zero-order chi connectivity index (χ0) is 12.8. The van der Waals surface area contributed by atoms with Gasteiger partial charge in [-0.15, -0.1) is 11.8 Å². The Morgan fingerprint density at radius 2 is 2.28 bits per heavy atom. The molecule has 1 aliphatic rings. The lowest BCUT2D eigenvalue weighted by atomic mass is 10.2. The lowest BCUT2D eigenvalue weighted by Gasteiger charge is -2.20. The zero-order valence-corrected chi connectivity index (χ0v) is 12.7. The Morgan fingerprint density at radius 3 is 2.94 bits per heavy atom. The fourth-order valence-electron chi connectivity index (χ4n) is 1.96. The lowest BCUT2D eigenvalue weighted by molar-refractivity contribution is 0.705. The molecule has 0 aromatic carbocycles. The number of nitrogens with zero attached hydrogens (tertiary/aromatic N) is 2. The molecule has 18 heavy (non-hydrogen) atoms. The molecule has 0 bridgehead atoms. The summed E-state index contributed by atoms with van der Waals surface area (Å²) in [7, 11) is 0. The Kier molecular flexibility index (Phi) is 5.79. The predicted octanol–water partition coefficient (Wildman–Crippen LogP) is 2.67. The maximum atomic E-state index is 4.78. The molecule has 1 saturated heterocycles. The number of nitrogens with one attached hydrogen (secondary N) is 1. The van der Waals surface area contributed by atoms with Crippen molar-refractivity contribution < 1.29 is 0 Å². The van der Waals surface area contributed by atoms with Gasteiger partial charge < -0.3 is 5.32 Å². The van der Waals surface area contributed by atoms with Crippen LogP contribution in [0.4, 0.5) is 0 Å². The molecule has 2 heterocycles. The van der Waals surface area contributed by atoms with Crippen molar-refractivity contribution in [2.24, 2.45) is 0 Å². The standard InChI is InChI=1S/C13H21N3S2/c1-3-11-10(7-14-4-2)8-15-13(16-11)12-9-17-5-6-18-12/h8,12,14H,3-7,9H2,1-2H3. The molecular formula is C13H21N3S2. The summed E-state index contributed by atoms with van der Waals surface area (Å²) in [5, 5.41) is 3.84. The van der Waals surface area contributed by atoms with Crippen LogP contribution in [0.1, 0.15) is 36.2 Å². The largest absolute Gasteiger partial charge is 0.313 e. The number of aromatic nitrogens is 2. The summed E-state index contributed by atoms with van der Waals surface area (Å²) in [6.07, 6.45) is 3.00. The number of thioether (sulfide) groups is 2. The average Bonchev–Trinajstić information content (AvgIpc) is 2.46. The van der Waals surface area contributed by atoms with Crippen LogP contribution in [0, 0.1) is 0 Å². The Bertz CT molecular complexity index is 378. The smallest absolute Gasteiger partial charge is 0.142 e. The first-order valence-corrected chi connectivity index (χ1v) is 8.80. The van der Waals surface area contributed by atoms with Crippen molar-refractivity contribution in [2.45, 2.75) is 32.1 Å². The first kappa shape index (κ1) is 14.2. The molecule has 5 heteroatoms. The SMILES string of the molecule is CCNCc1cnc(C2CSCCS2)nc1CC. The minimum Gasteiger partial charge on any atom is -0.313 e. The third-order valence-corrected chi connectivity index (χ3v) is 5.73. The van der Waals surface area contributed by atoms with Crippen molar-refractivity contribution in [3.63, 3.8) is 0 Å². The summed E-state index contributed by atoms with van der Waals surface area (Å²) in [5.74, 6) is 4.67. The molecule has 1 aromatic heterocycles. The highest BCUT2D eigenvalue weighted by Gasteiger charge is 2.20. The molecule has 3 nitrogen and oxygen atoms in total. The van der Waals surface area contributed by atoms with Gasteiger partial charge in [-0.1, -0.05) is 13.8 Å². The van der Waals surface area contributed by atoms with Crippen molar-refractivity contribution in [3.05, 3.63) is 23.3 Å². The topological polar surface area (TPSA) is 37.8 Å². The molecule has 1 fully saturated rings. The van der Waals surface area contributed by atoms with Gasteiger partial charge in [0.25, 0.3) is 0 Å². The van der Waals surface area contributed by atoms with Crippen LogP contribution in [-0.4, -0.2) is 33.8 Å². The van der Waals surface area contributed by atoms with Crippen molar-refractivity contribution in [1.82, 2.24) is 15.3 Å². The van der Waals surface area contributed by atoms with Gasteiger partial charge in [0.1, 0.15) is 5.82 Å². The molecule has 0 amide bonds. The molecular weight excluding hydrogens is 262 g/mol. The predicted molar refractivity (Wildman–Crippen MR) is 81.3 cm³/mol. The third kappa shape index (κ3) is 3.62. The maximum absolute atomic E-state index is 4.78. The van der Waals surface area contributed by atoms with E-state index in [1.54, 1.807) is 0 Å². The summed E-state index contributed by atoms with van der Waals surface area (Å²) in [5.41, 5.74) is 2.45. The maximum Gasteiger partial charge on any atom is 0.142 e. The zero-order valence-electron chi connectivity index (χ0n) is 11.1. The second-order valence-corrected chi connectivity index (χ2v) is 6.73. The van der Waals surface area contributed by atoms with Crippen molar-refractivity contribution >= 4 is 23.5 Å². The van der Waals surface area contributed by atoms with E-state index in [-0.39, 0.29) is 0 Å². The van der Waals surface area contributed by atoms with E-state index >= 15 is 0 Å². The highest BCUT2D eigenvalue weighted by Crippen LogP contribution is 2.35. The van der Waals surface area contributed by atoms with Gasteiger partial charge in [0.05, 0.1) is 5.25 Å². The van der Waals surface area contributed by atoms with Crippen LogP contribution in [0.3, 0.4) is 0 Å². The minimum atomic E-state index is 0.488.